The summed E-state index contributed by atoms with van der Waals surface area (Å²) in [6.45, 7) is 0. The lowest BCUT2D eigenvalue weighted by Gasteiger charge is -2.49. The van der Waals surface area contributed by atoms with Gasteiger partial charge < -0.3 is 10.0 Å². The molecule has 0 amide bonds. The molecule has 0 aromatic heterocycles. The molecular weight excluding hydrogens is 322 g/mol. The molecule has 0 saturated heterocycles. The molecule has 3 rings (SSSR count). The van der Waals surface area contributed by atoms with Crippen LogP contribution in [0.3, 0.4) is 0 Å². The van der Waals surface area contributed by atoms with Crippen LogP contribution in [0.2, 0.25) is 16.6 Å². The lowest BCUT2D eigenvalue weighted by Crippen LogP contribution is -2.51. The van der Waals surface area contributed by atoms with E-state index < -0.39 is 13.4 Å². The molecule has 0 radical (unpaired) electrons. The third-order valence-electron chi connectivity index (χ3n) is 6.78. The number of hydrogen-bond acceptors (Lipinski definition) is 3. The number of hydrogen-bond donors (Lipinski definition) is 2. The Morgan fingerprint density at radius 3 is 1.08 bits per heavy atom. The van der Waals surface area contributed by atoms with E-state index in [2.05, 4.69) is 0 Å². The predicted octanol–water partition coefficient (Wildman–Crippen LogP) is 5.58. The van der Waals surface area contributed by atoms with Crippen LogP contribution in [0.5, 0.6) is 0 Å². The van der Waals surface area contributed by atoms with E-state index in [1.54, 1.807) is 0 Å². The van der Waals surface area contributed by atoms with Gasteiger partial charge in [-0.2, -0.15) is 0 Å². The second-order valence-electron chi connectivity index (χ2n) is 8.13. The van der Waals surface area contributed by atoms with Crippen LogP contribution in [0.25, 0.3) is 0 Å². The van der Waals surface area contributed by atoms with Gasteiger partial charge in [0, 0.05) is 0 Å². The Hall–Kier alpha value is -0.623. The summed E-state index contributed by atoms with van der Waals surface area (Å²) >= 11 is 0. The second-order valence-corrected chi connectivity index (χ2v) is 12.4. The normalized spacial score (nSPS) is 24.9. The van der Waals surface area contributed by atoms with Gasteiger partial charge in [-0.15, -0.1) is 10.1 Å². The first kappa shape index (κ1) is 19.7. The fourth-order valence-electron chi connectivity index (χ4n) is 5.70. The van der Waals surface area contributed by atoms with Crippen molar-refractivity contribution in [2.45, 2.75) is 113 Å². The summed E-state index contributed by atoms with van der Waals surface area (Å²) in [5.41, 5.74) is 2.30. The zero-order chi connectivity index (χ0) is 17.4. The van der Waals surface area contributed by atoms with Crippen molar-refractivity contribution in [2.24, 2.45) is 0 Å². The van der Waals surface area contributed by atoms with Crippen LogP contribution in [0.1, 0.15) is 96.3 Å². The van der Waals surface area contributed by atoms with Gasteiger partial charge in [0.25, 0.3) is 5.09 Å². The molecule has 2 N–H and O–H groups in total. The molecule has 0 aromatic carbocycles. The van der Waals surface area contributed by atoms with Crippen molar-refractivity contribution >= 4 is 8.32 Å². The Kier molecular flexibility index (Phi) is 8.01. The standard InChI is InChI=1S/C18H34OSi.HNO3/c19-20(16-10-4-1-5-11-16,17-12-6-2-7-13-17)18-14-8-3-9-15-18;2-1(3)4/h16-19H,1-15H2;(H,2,3,4). The Morgan fingerprint density at radius 2 is 0.875 bits per heavy atom. The van der Waals surface area contributed by atoms with Gasteiger partial charge in [-0.1, -0.05) is 96.3 Å². The minimum absolute atomic E-state index is 0.766. The maximum Gasteiger partial charge on any atom is 0.291 e. The smallest absolute Gasteiger partial charge is 0.291 e. The third kappa shape index (κ3) is 5.18. The molecule has 5 nitrogen and oxygen atoms in total. The monoisotopic (exact) mass is 357 g/mol. The van der Waals surface area contributed by atoms with E-state index in [0.717, 1.165) is 16.6 Å². The molecule has 0 aromatic rings. The summed E-state index contributed by atoms with van der Waals surface area (Å²) in [6.07, 6.45) is 20.9. The summed E-state index contributed by atoms with van der Waals surface area (Å²) in [6, 6.07) is 0. The molecule has 0 bridgehead atoms. The van der Waals surface area contributed by atoms with E-state index >= 15 is 0 Å². The summed E-state index contributed by atoms with van der Waals surface area (Å²) in [4.78, 5) is 20.4. The van der Waals surface area contributed by atoms with Crippen molar-refractivity contribution in [3.63, 3.8) is 0 Å². The van der Waals surface area contributed by atoms with Crippen LogP contribution in [0.15, 0.2) is 0 Å². The molecule has 6 heteroatoms. The van der Waals surface area contributed by atoms with Crippen molar-refractivity contribution in [3.8, 4) is 0 Å². The zero-order valence-electron chi connectivity index (χ0n) is 15.0. The fraction of sp³-hybridized carbons (Fsp3) is 1.00. The summed E-state index contributed by atoms with van der Waals surface area (Å²) in [5, 5.41) is 13.6. The Morgan fingerprint density at radius 1 is 0.667 bits per heavy atom. The van der Waals surface area contributed by atoms with Gasteiger partial charge in [0.05, 0.1) is 0 Å². The maximum atomic E-state index is 12.0. The SMILES string of the molecule is O=[N+]([O-])O.O[Si](C1CCCCC1)(C1CCCCC1)C1CCCCC1. The molecule has 3 aliphatic carbocycles. The van der Waals surface area contributed by atoms with Crippen molar-refractivity contribution < 1.29 is 15.1 Å². The van der Waals surface area contributed by atoms with Crippen molar-refractivity contribution in [1.82, 2.24) is 0 Å². The quantitative estimate of drug-likeness (QED) is 0.392. The molecular formula is C18H35NO4Si. The van der Waals surface area contributed by atoms with Crippen molar-refractivity contribution in [1.29, 1.82) is 0 Å². The minimum atomic E-state index is -2.05. The molecule has 0 unspecified atom stereocenters. The molecule has 0 spiro atoms. The predicted molar refractivity (Wildman–Crippen MR) is 97.3 cm³/mol. The molecule has 0 aliphatic heterocycles. The second kappa shape index (κ2) is 9.75. The molecule has 24 heavy (non-hydrogen) atoms. The molecule has 0 atom stereocenters. The molecule has 3 fully saturated rings. The van der Waals surface area contributed by atoms with Gasteiger partial charge >= 0.3 is 0 Å². The minimum Gasteiger partial charge on any atom is -0.431 e. The first-order valence-electron chi connectivity index (χ1n) is 10.1. The van der Waals surface area contributed by atoms with Gasteiger partial charge in [0.2, 0.25) is 0 Å². The highest BCUT2D eigenvalue weighted by atomic mass is 28.4. The van der Waals surface area contributed by atoms with Crippen LogP contribution < -0.4 is 0 Å². The average molecular weight is 358 g/mol. The van der Waals surface area contributed by atoms with Crippen LogP contribution in [0.4, 0.5) is 0 Å². The average Bonchev–Trinajstić information content (AvgIpc) is 2.63. The lowest BCUT2D eigenvalue weighted by molar-refractivity contribution is -0.742. The molecule has 0 heterocycles. The topological polar surface area (TPSA) is 83.6 Å². The van der Waals surface area contributed by atoms with Gasteiger partial charge in [-0.3, -0.25) is 0 Å². The van der Waals surface area contributed by atoms with E-state index in [9.17, 15) is 4.80 Å². The largest absolute Gasteiger partial charge is 0.431 e. The Labute approximate surface area is 147 Å². The molecule has 3 saturated carbocycles. The highest BCUT2D eigenvalue weighted by Crippen LogP contribution is 2.55. The maximum absolute atomic E-state index is 12.0. The Balaban J connectivity index is 0.000000471. The highest BCUT2D eigenvalue weighted by Gasteiger charge is 2.52. The van der Waals surface area contributed by atoms with Crippen LogP contribution in [-0.4, -0.2) is 23.4 Å². The third-order valence-corrected chi connectivity index (χ3v) is 12.4. The fourth-order valence-corrected chi connectivity index (χ4v) is 11.7. The van der Waals surface area contributed by atoms with Crippen LogP contribution in [0, 0.1) is 10.1 Å². The molecule has 3 aliphatic rings. The first-order chi connectivity index (χ1) is 11.5. The lowest BCUT2D eigenvalue weighted by atomic mass is 9.98. The van der Waals surface area contributed by atoms with Gasteiger partial charge in [0.15, 0.2) is 8.32 Å². The highest BCUT2D eigenvalue weighted by molar-refractivity contribution is 6.77. The van der Waals surface area contributed by atoms with E-state index in [-0.39, 0.29) is 0 Å². The van der Waals surface area contributed by atoms with E-state index in [0.29, 0.717) is 0 Å². The van der Waals surface area contributed by atoms with Crippen LogP contribution >= 0.6 is 0 Å². The van der Waals surface area contributed by atoms with Crippen molar-refractivity contribution in [2.75, 3.05) is 0 Å². The molecule has 140 valence electrons. The summed E-state index contributed by atoms with van der Waals surface area (Å²) in [5.74, 6) is 0. The summed E-state index contributed by atoms with van der Waals surface area (Å²) in [7, 11) is -2.05. The van der Waals surface area contributed by atoms with E-state index in [1.165, 1.54) is 96.3 Å². The van der Waals surface area contributed by atoms with E-state index in [1.807, 2.05) is 0 Å². The van der Waals surface area contributed by atoms with Crippen LogP contribution in [-0.2, 0) is 0 Å². The number of rotatable bonds is 3. The van der Waals surface area contributed by atoms with E-state index in [4.69, 9.17) is 15.3 Å². The summed E-state index contributed by atoms with van der Waals surface area (Å²) < 4.78 is 0. The van der Waals surface area contributed by atoms with Gasteiger partial charge in [0.1, 0.15) is 0 Å². The van der Waals surface area contributed by atoms with Crippen molar-refractivity contribution in [3.05, 3.63) is 10.1 Å². The first-order valence-corrected chi connectivity index (χ1v) is 12.3. The Bertz CT molecular complexity index is 326. The zero-order valence-corrected chi connectivity index (χ0v) is 16.0. The number of nitrogens with zero attached hydrogens (tertiary/aromatic N) is 1. The van der Waals surface area contributed by atoms with Gasteiger partial charge in [-0.05, 0) is 16.6 Å². The van der Waals surface area contributed by atoms with Gasteiger partial charge in [-0.25, -0.2) is 0 Å².